The van der Waals surface area contributed by atoms with Crippen LogP contribution in [0.4, 0.5) is 0 Å². The number of nitriles is 1. The van der Waals surface area contributed by atoms with Crippen molar-refractivity contribution in [2.24, 2.45) is 0 Å². The lowest BCUT2D eigenvalue weighted by molar-refractivity contribution is 0.340. The Morgan fingerprint density at radius 2 is 1.92 bits per heavy atom. The molecule has 0 fully saturated rings. The van der Waals surface area contributed by atoms with Crippen molar-refractivity contribution in [3.05, 3.63) is 36.3 Å². The Labute approximate surface area is 69.5 Å². The van der Waals surface area contributed by atoms with Gasteiger partial charge in [0, 0.05) is 0 Å². The zero-order valence-electron chi connectivity index (χ0n) is 6.15. The molecule has 2 rings (SSSR count). The SMILES string of the molecule is N#CC1=COc2ccccc2O1. The molecular weight excluding hydrogens is 154 g/mol. The first-order chi connectivity index (χ1) is 5.90. The number of para-hydroxylation sites is 2. The zero-order chi connectivity index (χ0) is 8.39. The molecule has 1 aromatic carbocycles. The second-order valence-electron chi connectivity index (χ2n) is 2.26. The van der Waals surface area contributed by atoms with Gasteiger partial charge < -0.3 is 9.47 Å². The predicted octanol–water partition coefficient (Wildman–Crippen LogP) is 1.82. The number of fused-ring (bicyclic) bond motifs is 1. The minimum atomic E-state index is 0.175. The van der Waals surface area contributed by atoms with Crippen LogP contribution < -0.4 is 9.47 Å². The Bertz CT molecular complexity index is 376. The van der Waals surface area contributed by atoms with Gasteiger partial charge in [0.1, 0.15) is 12.3 Å². The van der Waals surface area contributed by atoms with E-state index >= 15 is 0 Å². The molecule has 0 aromatic heterocycles. The molecule has 0 saturated heterocycles. The van der Waals surface area contributed by atoms with E-state index in [1.807, 2.05) is 18.2 Å². The summed E-state index contributed by atoms with van der Waals surface area (Å²) in [5.41, 5.74) is 0. The molecular formula is C9H5NO2. The first kappa shape index (κ1) is 6.74. The molecule has 1 aliphatic rings. The number of allylic oxidation sites excluding steroid dienone is 1. The molecule has 0 atom stereocenters. The van der Waals surface area contributed by atoms with Gasteiger partial charge in [-0.15, -0.1) is 0 Å². The summed E-state index contributed by atoms with van der Waals surface area (Å²) < 4.78 is 10.3. The fraction of sp³-hybridized carbons (Fsp3) is 0. The first-order valence-electron chi connectivity index (χ1n) is 3.44. The maximum absolute atomic E-state index is 8.49. The van der Waals surface area contributed by atoms with E-state index in [2.05, 4.69) is 0 Å². The van der Waals surface area contributed by atoms with Gasteiger partial charge in [0.2, 0.25) is 5.76 Å². The highest BCUT2D eigenvalue weighted by molar-refractivity contribution is 5.44. The Kier molecular flexibility index (Phi) is 1.45. The molecule has 0 unspecified atom stereocenters. The van der Waals surface area contributed by atoms with Gasteiger partial charge in [-0.2, -0.15) is 5.26 Å². The summed E-state index contributed by atoms with van der Waals surface area (Å²) in [6.45, 7) is 0. The normalized spacial score (nSPS) is 13.1. The number of ether oxygens (including phenoxy) is 2. The molecule has 0 radical (unpaired) electrons. The highest BCUT2D eigenvalue weighted by Crippen LogP contribution is 2.31. The third-order valence-electron chi connectivity index (χ3n) is 1.47. The van der Waals surface area contributed by atoms with Crippen LogP contribution in [0.25, 0.3) is 0 Å². The van der Waals surface area contributed by atoms with Gasteiger partial charge in [-0.25, -0.2) is 0 Å². The van der Waals surface area contributed by atoms with Crippen LogP contribution in [0.15, 0.2) is 36.3 Å². The zero-order valence-corrected chi connectivity index (χ0v) is 6.15. The summed E-state index contributed by atoms with van der Waals surface area (Å²) in [6.07, 6.45) is 1.29. The summed E-state index contributed by atoms with van der Waals surface area (Å²) in [7, 11) is 0. The maximum Gasteiger partial charge on any atom is 0.239 e. The second-order valence-corrected chi connectivity index (χ2v) is 2.26. The molecule has 0 bridgehead atoms. The Morgan fingerprint density at radius 1 is 1.17 bits per heavy atom. The number of hydrogen-bond acceptors (Lipinski definition) is 3. The summed E-state index contributed by atoms with van der Waals surface area (Å²) in [5.74, 6) is 1.39. The summed E-state index contributed by atoms with van der Waals surface area (Å²) in [5, 5.41) is 8.49. The predicted molar refractivity (Wildman–Crippen MR) is 41.4 cm³/mol. The van der Waals surface area contributed by atoms with Crippen LogP contribution in [0.1, 0.15) is 0 Å². The number of hydrogen-bond donors (Lipinski definition) is 0. The smallest absolute Gasteiger partial charge is 0.239 e. The molecule has 1 aliphatic heterocycles. The molecule has 0 amide bonds. The minimum Gasteiger partial charge on any atom is -0.456 e. The van der Waals surface area contributed by atoms with Crippen molar-refractivity contribution in [1.82, 2.24) is 0 Å². The largest absolute Gasteiger partial charge is 0.456 e. The van der Waals surface area contributed by atoms with E-state index < -0.39 is 0 Å². The van der Waals surface area contributed by atoms with Crippen molar-refractivity contribution >= 4 is 0 Å². The van der Waals surface area contributed by atoms with Crippen LogP contribution in [0.5, 0.6) is 11.5 Å². The van der Waals surface area contributed by atoms with Crippen LogP contribution in [0, 0.1) is 11.3 Å². The fourth-order valence-electron chi connectivity index (χ4n) is 0.941. The van der Waals surface area contributed by atoms with E-state index in [-0.39, 0.29) is 5.76 Å². The third kappa shape index (κ3) is 0.995. The van der Waals surface area contributed by atoms with Crippen molar-refractivity contribution in [3.8, 4) is 17.6 Å². The van der Waals surface area contributed by atoms with Gasteiger partial charge in [0.15, 0.2) is 11.5 Å². The number of nitrogens with zero attached hydrogens (tertiary/aromatic N) is 1. The van der Waals surface area contributed by atoms with Crippen molar-refractivity contribution in [2.75, 3.05) is 0 Å². The molecule has 0 saturated carbocycles. The lowest BCUT2D eigenvalue weighted by Gasteiger charge is -2.13. The molecule has 3 nitrogen and oxygen atoms in total. The highest BCUT2D eigenvalue weighted by atomic mass is 16.6. The molecule has 1 aromatic rings. The lowest BCUT2D eigenvalue weighted by Crippen LogP contribution is -2.02. The van der Waals surface area contributed by atoms with E-state index in [1.165, 1.54) is 6.26 Å². The minimum absolute atomic E-state index is 0.175. The van der Waals surface area contributed by atoms with Crippen LogP contribution in [0.3, 0.4) is 0 Å². The summed E-state index contributed by atoms with van der Waals surface area (Å²) >= 11 is 0. The summed E-state index contributed by atoms with van der Waals surface area (Å²) in [6, 6.07) is 9.05. The second kappa shape index (κ2) is 2.59. The standard InChI is InChI=1S/C9H5NO2/c10-5-7-6-11-8-3-1-2-4-9(8)12-7/h1-4,6H. The van der Waals surface area contributed by atoms with Crippen molar-refractivity contribution in [1.29, 1.82) is 5.26 Å². The van der Waals surface area contributed by atoms with Gasteiger partial charge in [-0.3, -0.25) is 0 Å². The van der Waals surface area contributed by atoms with Crippen molar-refractivity contribution < 1.29 is 9.47 Å². The maximum atomic E-state index is 8.49. The average molecular weight is 159 g/mol. The first-order valence-corrected chi connectivity index (χ1v) is 3.44. The van der Waals surface area contributed by atoms with Crippen LogP contribution >= 0.6 is 0 Å². The quantitative estimate of drug-likeness (QED) is 0.579. The van der Waals surface area contributed by atoms with E-state index in [0.717, 1.165) is 0 Å². The van der Waals surface area contributed by atoms with Gasteiger partial charge >= 0.3 is 0 Å². The molecule has 1 heterocycles. The summed E-state index contributed by atoms with van der Waals surface area (Å²) in [4.78, 5) is 0. The van der Waals surface area contributed by atoms with Crippen molar-refractivity contribution in [3.63, 3.8) is 0 Å². The highest BCUT2D eigenvalue weighted by Gasteiger charge is 2.11. The fourth-order valence-corrected chi connectivity index (χ4v) is 0.941. The van der Waals surface area contributed by atoms with E-state index in [0.29, 0.717) is 11.5 Å². The number of rotatable bonds is 0. The van der Waals surface area contributed by atoms with Crippen LogP contribution in [0.2, 0.25) is 0 Å². The molecule has 12 heavy (non-hydrogen) atoms. The van der Waals surface area contributed by atoms with Gasteiger partial charge in [-0.1, -0.05) is 12.1 Å². The molecule has 0 aliphatic carbocycles. The van der Waals surface area contributed by atoms with Crippen molar-refractivity contribution in [2.45, 2.75) is 0 Å². The van der Waals surface area contributed by atoms with Crippen LogP contribution in [-0.2, 0) is 0 Å². The van der Waals surface area contributed by atoms with Gasteiger partial charge in [0.25, 0.3) is 0 Å². The average Bonchev–Trinajstić information content (AvgIpc) is 2.17. The van der Waals surface area contributed by atoms with Gasteiger partial charge in [-0.05, 0) is 12.1 Å². The molecule has 0 spiro atoms. The topological polar surface area (TPSA) is 42.2 Å². The van der Waals surface area contributed by atoms with Crippen LogP contribution in [-0.4, -0.2) is 0 Å². The Balaban J connectivity index is 2.38. The van der Waals surface area contributed by atoms with E-state index in [4.69, 9.17) is 14.7 Å². The van der Waals surface area contributed by atoms with E-state index in [9.17, 15) is 0 Å². The monoisotopic (exact) mass is 159 g/mol. The Hall–Kier alpha value is -1.95. The molecule has 58 valence electrons. The van der Waals surface area contributed by atoms with Gasteiger partial charge in [0.05, 0.1) is 0 Å². The van der Waals surface area contributed by atoms with E-state index in [1.54, 1.807) is 12.1 Å². The lowest BCUT2D eigenvalue weighted by atomic mass is 10.3. The number of benzene rings is 1. The Morgan fingerprint density at radius 3 is 2.67 bits per heavy atom. The molecule has 3 heteroatoms. The third-order valence-corrected chi connectivity index (χ3v) is 1.47. The molecule has 0 N–H and O–H groups in total.